The molecule has 0 fully saturated rings. The smallest absolute Gasteiger partial charge is 0.338 e. The zero-order valence-corrected chi connectivity index (χ0v) is 16.8. The molecule has 150 valence electrons. The monoisotopic (exact) mass is 385 g/mol. The van der Waals surface area contributed by atoms with E-state index in [4.69, 9.17) is 14.2 Å². The maximum atomic E-state index is 12.3. The van der Waals surface area contributed by atoms with Gasteiger partial charge in [0, 0.05) is 5.69 Å². The van der Waals surface area contributed by atoms with E-state index in [1.807, 2.05) is 45.9 Å². The van der Waals surface area contributed by atoms with E-state index < -0.39 is 11.9 Å². The summed E-state index contributed by atoms with van der Waals surface area (Å²) in [4.78, 5) is 24.4. The minimum atomic E-state index is -0.598. The normalized spacial score (nSPS) is 10.3. The summed E-state index contributed by atoms with van der Waals surface area (Å²) >= 11 is 0. The lowest BCUT2D eigenvalue weighted by Gasteiger charge is -2.13. The topological polar surface area (TPSA) is 73.9 Å². The Balaban J connectivity index is 1.97. The van der Waals surface area contributed by atoms with E-state index >= 15 is 0 Å². The van der Waals surface area contributed by atoms with Crippen LogP contribution in [0.2, 0.25) is 0 Å². The molecule has 2 rings (SSSR count). The zero-order valence-electron chi connectivity index (χ0n) is 16.8. The molecule has 28 heavy (non-hydrogen) atoms. The molecular formula is C22H27NO5. The summed E-state index contributed by atoms with van der Waals surface area (Å²) in [5, 5.41) is 2.75. The van der Waals surface area contributed by atoms with Crippen molar-refractivity contribution in [1.29, 1.82) is 0 Å². The molecule has 0 bridgehead atoms. The summed E-state index contributed by atoms with van der Waals surface area (Å²) in [6.45, 7) is 8.38. The lowest BCUT2D eigenvalue weighted by atomic mass is 10.1. The van der Waals surface area contributed by atoms with Gasteiger partial charge >= 0.3 is 5.97 Å². The van der Waals surface area contributed by atoms with Gasteiger partial charge in [-0.25, -0.2) is 4.79 Å². The van der Waals surface area contributed by atoms with E-state index in [9.17, 15) is 9.59 Å². The van der Waals surface area contributed by atoms with Crippen molar-refractivity contribution in [2.75, 3.05) is 25.1 Å². The highest BCUT2D eigenvalue weighted by Crippen LogP contribution is 2.29. The first-order valence-corrected chi connectivity index (χ1v) is 9.38. The summed E-state index contributed by atoms with van der Waals surface area (Å²) in [7, 11) is 0. The van der Waals surface area contributed by atoms with Crippen molar-refractivity contribution in [3.05, 3.63) is 53.1 Å². The fourth-order valence-electron chi connectivity index (χ4n) is 2.59. The highest BCUT2D eigenvalue weighted by atomic mass is 16.5. The Bertz CT molecular complexity index is 832. The second-order valence-electron chi connectivity index (χ2n) is 6.39. The van der Waals surface area contributed by atoms with Crippen LogP contribution in [0.4, 0.5) is 5.69 Å². The first kappa shape index (κ1) is 21.3. The third kappa shape index (κ3) is 6.01. The van der Waals surface area contributed by atoms with Crippen molar-refractivity contribution in [1.82, 2.24) is 0 Å². The van der Waals surface area contributed by atoms with E-state index in [1.165, 1.54) is 0 Å². The predicted octanol–water partition coefficient (Wildman–Crippen LogP) is 4.29. The molecule has 0 unspecified atom stereocenters. The number of hydrogen-bond donors (Lipinski definition) is 1. The van der Waals surface area contributed by atoms with Crippen LogP contribution in [-0.2, 0) is 9.53 Å². The Hall–Kier alpha value is -3.02. The van der Waals surface area contributed by atoms with Crippen molar-refractivity contribution in [3.63, 3.8) is 0 Å². The quantitative estimate of drug-likeness (QED) is 0.652. The lowest BCUT2D eigenvalue weighted by Crippen LogP contribution is -2.21. The molecule has 0 heterocycles. The molecule has 0 saturated heterocycles. The Morgan fingerprint density at radius 3 is 2.43 bits per heavy atom. The van der Waals surface area contributed by atoms with Crippen LogP contribution in [0.3, 0.4) is 0 Å². The molecule has 6 heteroatoms. The number of esters is 1. The Morgan fingerprint density at radius 2 is 1.75 bits per heavy atom. The minimum absolute atomic E-state index is 0.298. The fourth-order valence-corrected chi connectivity index (χ4v) is 2.59. The Morgan fingerprint density at radius 1 is 0.964 bits per heavy atom. The number of hydrogen-bond acceptors (Lipinski definition) is 5. The maximum Gasteiger partial charge on any atom is 0.338 e. The first-order chi connectivity index (χ1) is 13.4. The highest BCUT2D eigenvalue weighted by molar-refractivity contribution is 5.96. The molecule has 0 aromatic heterocycles. The zero-order chi connectivity index (χ0) is 20.5. The number of carbonyl (C=O) groups is 2. The molecule has 1 N–H and O–H groups in total. The van der Waals surface area contributed by atoms with Gasteiger partial charge in [-0.05, 0) is 57.0 Å². The van der Waals surface area contributed by atoms with Gasteiger partial charge < -0.3 is 19.5 Å². The van der Waals surface area contributed by atoms with Crippen LogP contribution < -0.4 is 14.8 Å². The van der Waals surface area contributed by atoms with Crippen LogP contribution in [0.1, 0.15) is 41.8 Å². The second kappa shape index (κ2) is 10.3. The molecule has 0 atom stereocenters. The van der Waals surface area contributed by atoms with Gasteiger partial charge in [0.25, 0.3) is 5.91 Å². The summed E-state index contributed by atoms with van der Waals surface area (Å²) in [6.07, 6.45) is 0.866. The average molecular weight is 385 g/mol. The van der Waals surface area contributed by atoms with Crippen molar-refractivity contribution in [2.45, 2.75) is 34.1 Å². The molecule has 0 radical (unpaired) electrons. The van der Waals surface area contributed by atoms with Crippen LogP contribution in [-0.4, -0.2) is 31.7 Å². The van der Waals surface area contributed by atoms with Crippen LogP contribution in [0.25, 0.3) is 0 Å². The predicted molar refractivity (Wildman–Crippen MR) is 108 cm³/mol. The molecule has 0 spiro atoms. The summed E-state index contributed by atoms with van der Waals surface area (Å²) < 4.78 is 16.3. The van der Waals surface area contributed by atoms with Crippen LogP contribution in [0.15, 0.2) is 36.4 Å². The molecule has 2 aromatic rings. The maximum absolute atomic E-state index is 12.3. The van der Waals surface area contributed by atoms with E-state index in [-0.39, 0.29) is 6.61 Å². The van der Waals surface area contributed by atoms with E-state index in [0.29, 0.717) is 36.0 Å². The van der Waals surface area contributed by atoms with E-state index in [2.05, 4.69) is 5.32 Å². The average Bonchev–Trinajstić information content (AvgIpc) is 2.67. The van der Waals surface area contributed by atoms with E-state index in [1.54, 1.807) is 18.2 Å². The SMILES string of the molecule is CCCOc1ccc(C(=O)OCC(=O)Nc2ccc(C)cc2C)cc1OCC. The number of rotatable bonds is 9. The number of ether oxygens (including phenoxy) is 3. The third-order valence-electron chi connectivity index (χ3n) is 3.93. The van der Waals surface area contributed by atoms with Crippen molar-refractivity contribution >= 4 is 17.6 Å². The first-order valence-electron chi connectivity index (χ1n) is 9.38. The number of anilines is 1. The Kier molecular flexibility index (Phi) is 7.87. The molecule has 6 nitrogen and oxygen atoms in total. The number of nitrogens with one attached hydrogen (secondary N) is 1. The van der Waals surface area contributed by atoms with Crippen molar-refractivity contribution in [3.8, 4) is 11.5 Å². The molecule has 0 saturated carbocycles. The number of amides is 1. The van der Waals surface area contributed by atoms with Crippen LogP contribution in [0.5, 0.6) is 11.5 Å². The molecule has 0 aliphatic carbocycles. The molecule has 2 aromatic carbocycles. The van der Waals surface area contributed by atoms with Gasteiger partial charge in [-0.15, -0.1) is 0 Å². The van der Waals surface area contributed by atoms with E-state index in [0.717, 1.165) is 17.5 Å². The van der Waals surface area contributed by atoms with Gasteiger partial charge in [-0.3, -0.25) is 4.79 Å². The van der Waals surface area contributed by atoms with Gasteiger partial charge in [-0.2, -0.15) is 0 Å². The van der Waals surface area contributed by atoms with Gasteiger partial charge in [0.05, 0.1) is 18.8 Å². The largest absolute Gasteiger partial charge is 0.490 e. The number of carbonyl (C=O) groups excluding carboxylic acids is 2. The minimum Gasteiger partial charge on any atom is -0.490 e. The molecule has 0 aliphatic heterocycles. The molecule has 0 aliphatic rings. The number of aryl methyl sites for hydroxylation is 2. The lowest BCUT2D eigenvalue weighted by molar-refractivity contribution is -0.119. The second-order valence-corrected chi connectivity index (χ2v) is 6.39. The fraction of sp³-hybridized carbons (Fsp3) is 0.364. The van der Waals surface area contributed by atoms with Crippen molar-refractivity contribution < 1.29 is 23.8 Å². The third-order valence-corrected chi connectivity index (χ3v) is 3.93. The summed E-state index contributed by atoms with van der Waals surface area (Å²) in [6, 6.07) is 10.5. The number of benzene rings is 2. The van der Waals surface area contributed by atoms with Gasteiger partial charge in [-0.1, -0.05) is 24.6 Å². The van der Waals surface area contributed by atoms with Gasteiger partial charge in [0.2, 0.25) is 0 Å². The van der Waals surface area contributed by atoms with Gasteiger partial charge in [0.15, 0.2) is 18.1 Å². The molecular weight excluding hydrogens is 358 g/mol. The highest BCUT2D eigenvalue weighted by Gasteiger charge is 2.15. The van der Waals surface area contributed by atoms with Crippen molar-refractivity contribution in [2.24, 2.45) is 0 Å². The molecule has 1 amide bonds. The Labute approximate surface area is 165 Å². The van der Waals surface area contributed by atoms with Gasteiger partial charge in [0.1, 0.15) is 0 Å². The standard InChI is InChI=1S/C22H27NO5/c1-5-11-27-19-10-8-17(13-20(19)26-6-2)22(25)28-14-21(24)23-18-9-7-15(3)12-16(18)4/h7-10,12-13H,5-6,11,14H2,1-4H3,(H,23,24). The summed E-state index contributed by atoms with van der Waals surface area (Å²) in [5.74, 6) is 0.0602. The summed E-state index contributed by atoms with van der Waals surface area (Å²) in [5.41, 5.74) is 3.05. The van der Waals surface area contributed by atoms with Crippen LogP contribution in [0, 0.1) is 13.8 Å². The van der Waals surface area contributed by atoms with Crippen LogP contribution >= 0.6 is 0 Å².